The molecular formula is C24H24ClN5S. The number of aromatic nitrogens is 2. The molecule has 2 N–H and O–H groups in total. The second-order valence-electron chi connectivity index (χ2n) is 8.52. The van der Waals surface area contributed by atoms with Crippen molar-refractivity contribution in [3.63, 3.8) is 0 Å². The fourth-order valence-corrected chi connectivity index (χ4v) is 6.22. The highest BCUT2D eigenvalue weighted by atomic mass is 35.5. The van der Waals surface area contributed by atoms with E-state index in [-0.39, 0.29) is 23.2 Å². The van der Waals surface area contributed by atoms with Gasteiger partial charge in [-0.3, -0.25) is 5.41 Å². The Kier molecular flexibility index (Phi) is 5.19. The number of hydrogen-bond donors (Lipinski definition) is 3. The summed E-state index contributed by atoms with van der Waals surface area (Å²) in [4.78, 5) is 10.2. The van der Waals surface area contributed by atoms with Crippen LogP contribution in [0.15, 0.2) is 48.5 Å². The van der Waals surface area contributed by atoms with Crippen molar-refractivity contribution in [2.45, 2.75) is 54.9 Å². The number of thiol groups is 1. The third-order valence-corrected chi connectivity index (χ3v) is 7.58. The van der Waals surface area contributed by atoms with E-state index in [1.165, 1.54) is 6.42 Å². The van der Waals surface area contributed by atoms with Crippen molar-refractivity contribution in [2.24, 2.45) is 0 Å². The van der Waals surface area contributed by atoms with Crippen molar-refractivity contribution < 1.29 is 0 Å². The maximum absolute atomic E-state index is 10.7. The van der Waals surface area contributed by atoms with Crippen molar-refractivity contribution in [3.8, 4) is 6.07 Å². The Hall–Kier alpha value is -2.49. The average Bonchev–Trinajstić information content (AvgIpc) is 3.31. The van der Waals surface area contributed by atoms with Gasteiger partial charge in [-0.05, 0) is 42.7 Å². The second-order valence-corrected chi connectivity index (χ2v) is 9.48. The molecule has 0 spiro atoms. The minimum absolute atomic E-state index is 0.213. The number of nitrogens with zero attached hydrogens (tertiary/aromatic N) is 3. The predicted octanol–water partition coefficient (Wildman–Crippen LogP) is 5.64. The molecule has 5 nitrogen and oxygen atoms in total. The van der Waals surface area contributed by atoms with Crippen LogP contribution in [0.4, 0.5) is 0 Å². The normalized spacial score (nSPS) is 27.0. The van der Waals surface area contributed by atoms with Gasteiger partial charge in [0.15, 0.2) is 5.41 Å². The summed E-state index contributed by atoms with van der Waals surface area (Å²) in [5.41, 5.74) is 1.28. The Morgan fingerprint density at radius 1 is 1.16 bits per heavy atom. The lowest BCUT2D eigenvalue weighted by atomic mass is 9.74. The molecule has 5 rings (SSSR count). The zero-order valence-corrected chi connectivity index (χ0v) is 18.7. The van der Waals surface area contributed by atoms with Crippen LogP contribution in [-0.2, 0) is 5.41 Å². The zero-order valence-electron chi connectivity index (χ0n) is 17.1. The van der Waals surface area contributed by atoms with Gasteiger partial charge in [0.2, 0.25) is 0 Å². The lowest BCUT2D eigenvalue weighted by molar-refractivity contribution is 0.238. The van der Waals surface area contributed by atoms with Gasteiger partial charge in [-0.15, -0.1) is 0 Å². The number of likely N-dealkylation sites (tertiary alicyclic amines) is 1. The molecule has 7 heteroatoms. The van der Waals surface area contributed by atoms with E-state index >= 15 is 0 Å². The highest BCUT2D eigenvalue weighted by Crippen LogP contribution is 2.52. The van der Waals surface area contributed by atoms with Gasteiger partial charge in [-0.1, -0.05) is 55.1 Å². The average molecular weight is 450 g/mol. The van der Waals surface area contributed by atoms with Crippen LogP contribution >= 0.6 is 24.2 Å². The Labute approximate surface area is 192 Å². The van der Waals surface area contributed by atoms with E-state index in [0.29, 0.717) is 10.8 Å². The molecule has 2 aliphatic rings. The largest absolute Gasteiger partial charge is 0.343 e. The summed E-state index contributed by atoms with van der Waals surface area (Å²) in [5.74, 6) is 0.406. The van der Waals surface area contributed by atoms with E-state index in [4.69, 9.17) is 29.2 Å². The standard InChI is InChI=1S/C24H24ClN5S/c25-16-8-6-7-15(13-16)20-21(31)30(17-9-2-1-3-10-17)22(27)24(20,14-26)23-28-18-11-4-5-12-19(18)29-23/h4-8,11-13,17,20-21,27,31H,1-3,9-10H2,(H,28,29). The summed E-state index contributed by atoms with van der Waals surface area (Å²) in [6.07, 6.45) is 5.54. The molecule has 2 aromatic carbocycles. The van der Waals surface area contributed by atoms with Crippen LogP contribution in [0.3, 0.4) is 0 Å². The Morgan fingerprint density at radius 3 is 2.65 bits per heavy atom. The van der Waals surface area contributed by atoms with Crippen LogP contribution in [0.25, 0.3) is 11.0 Å². The first-order chi connectivity index (χ1) is 15.1. The van der Waals surface area contributed by atoms with E-state index in [1.807, 2.05) is 48.5 Å². The first-order valence-electron chi connectivity index (χ1n) is 10.7. The molecule has 1 aliphatic heterocycles. The Morgan fingerprint density at radius 2 is 1.94 bits per heavy atom. The maximum atomic E-state index is 10.7. The van der Waals surface area contributed by atoms with Gasteiger partial charge >= 0.3 is 0 Å². The van der Waals surface area contributed by atoms with Crippen molar-refractivity contribution >= 4 is 41.1 Å². The quantitative estimate of drug-likeness (QED) is 0.452. The van der Waals surface area contributed by atoms with E-state index in [0.717, 1.165) is 42.3 Å². The van der Waals surface area contributed by atoms with Crippen LogP contribution in [0, 0.1) is 16.7 Å². The molecule has 1 saturated heterocycles. The van der Waals surface area contributed by atoms with Gasteiger partial charge < -0.3 is 9.88 Å². The topological polar surface area (TPSA) is 79.6 Å². The summed E-state index contributed by atoms with van der Waals surface area (Å²) in [7, 11) is 0. The number of rotatable bonds is 3. The van der Waals surface area contributed by atoms with Gasteiger partial charge in [0.1, 0.15) is 11.7 Å². The van der Waals surface area contributed by atoms with E-state index in [9.17, 15) is 10.7 Å². The summed E-state index contributed by atoms with van der Waals surface area (Å²) < 4.78 is 0. The van der Waals surface area contributed by atoms with Crippen LogP contribution < -0.4 is 0 Å². The molecule has 2 fully saturated rings. The molecule has 158 valence electrons. The number of amidine groups is 1. The number of benzene rings is 2. The number of para-hydroxylation sites is 2. The van der Waals surface area contributed by atoms with E-state index in [2.05, 4.69) is 16.0 Å². The number of halogens is 1. The third kappa shape index (κ3) is 3.14. The van der Waals surface area contributed by atoms with Gasteiger partial charge in [0, 0.05) is 17.0 Å². The minimum Gasteiger partial charge on any atom is -0.343 e. The van der Waals surface area contributed by atoms with Crippen molar-refractivity contribution in [3.05, 3.63) is 64.9 Å². The second kappa shape index (κ2) is 7.89. The van der Waals surface area contributed by atoms with E-state index in [1.54, 1.807) is 0 Å². The van der Waals surface area contributed by atoms with Gasteiger partial charge in [0.05, 0.1) is 22.5 Å². The Balaban J connectivity index is 1.72. The summed E-state index contributed by atoms with van der Waals surface area (Å²) >= 11 is 11.4. The van der Waals surface area contributed by atoms with E-state index < -0.39 is 5.41 Å². The zero-order chi connectivity index (χ0) is 21.6. The predicted molar refractivity (Wildman–Crippen MR) is 127 cm³/mol. The number of fused-ring (bicyclic) bond motifs is 1. The van der Waals surface area contributed by atoms with Crippen molar-refractivity contribution in [2.75, 3.05) is 0 Å². The molecular weight excluding hydrogens is 426 g/mol. The van der Waals surface area contributed by atoms with Gasteiger partial charge in [0.25, 0.3) is 0 Å². The molecule has 3 unspecified atom stereocenters. The van der Waals surface area contributed by atoms with Crippen LogP contribution in [0.5, 0.6) is 0 Å². The number of nitrogens with one attached hydrogen (secondary N) is 2. The highest BCUT2D eigenvalue weighted by Gasteiger charge is 2.61. The molecule has 3 aromatic rings. The minimum atomic E-state index is -1.27. The van der Waals surface area contributed by atoms with Gasteiger partial charge in [-0.25, -0.2) is 4.98 Å². The monoisotopic (exact) mass is 449 g/mol. The SMILES string of the molecule is N#CC1(c2nc3ccccc3[nH]2)C(=N)N(C2CCCCC2)C(S)C1c1cccc(Cl)c1. The molecule has 0 radical (unpaired) electrons. The summed E-state index contributed by atoms with van der Waals surface area (Å²) in [6, 6.07) is 18.1. The fourth-order valence-electron chi connectivity index (χ4n) is 5.32. The summed E-state index contributed by atoms with van der Waals surface area (Å²) in [5, 5.41) is 20.2. The maximum Gasteiger partial charge on any atom is 0.181 e. The lowest BCUT2D eigenvalue weighted by Gasteiger charge is -2.36. The number of H-pyrrole nitrogens is 1. The third-order valence-electron chi connectivity index (χ3n) is 6.80. The number of aromatic amines is 1. The molecule has 1 aliphatic carbocycles. The number of imidazole rings is 1. The van der Waals surface area contributed by atoms with Crippen molar-refractivity contribution in [1.82, 2.24) is 14.9 Å². The van der Waals surface area contributed by atoms with Crippen LogP contribution in [-0.4, -0.2) is 32.1 Å². The molecule has 3 atom stereocenters. The summed E-state index contributed by atoms with van der Waals surface area (Å²) in [6.45, 7) is 0. The first-order valence-corrected chi connectivity index (χ1v) is 11.6. The molecule has 31 heavy (non-hydrogen) atoms. The number of nitriles is 1. The number of hydrogen-bond acceptors (Lipinski definition) is 4. The molecule has 1 saturated carbocycles. The van der Waals surface area contributed by atoms with Gasteiger partial charge in [-0.2, -0.15) is 17.9 Å². The van der Waals surface area contributed by atoms with Crippen LogP contribution in [0.2, 0.25) is 5.02 Å². The molecule has 0 amide bonds. The molecule has 2 heterocycles. The smallest absolute Gasteiger partial charge is 0.181 e. The Bertz CT molecular complexity index is 1140. The molecule has 0 bridgehead atoms. The van der Waals surface area contributed by atoms with Crippen molar-refractivity contribution in [1.29, 1.82) is 10.7 Å². The van der Waals surface area contributed by atoms with Crippen LogP contribution in [0.1, 0.15) is 49.4 Å². The first kappa shape index (κ1) is 20.4. The molecule has 1 aromatic heterocycles. The fraction of sp³-hybridized carbons (Fsp3) is 0.375. The highest BCUT2D eigenvalue weighted by molar-refractivity contribution is 7.81. The lowest BCUT2D eigenvalue weighted by Crippen LogP contribution is -2.44.